The Balaban J connectivity index is 2.49. The Kier molecular flexibility index (Phi) is 6.19. The third kappa shape index (κ3) is 4.46. The van der Waals surface area contributed by atoms with Gasteiger partial charge in [-0.15, -0.1) is 0 Å². The molecule has 0 spiro atoms. The summed E-state index contributed by atoms with van der Waals surface area (Å²) in [6, 6.07) is 3.64. The van der Waals surface area contributed by atoms with Gasteiger partial charge in [0, 0.05) is 30.8 Å². The maximum absolute atomic E-state index is 12.1. The van der Waals surface area contributed by atoms with Crippen LogP contribution in [0.1, 0.15) is 35.3 Å². The van der Waals surface area contributed by atoms with Crippen LogP contribution in [0.5, 0.6) is 0 Å². The molecule has 94 valence electrons. The van der Waals surface area contributed by atoms with Gasteiger partial charge in [0.2, 0.25) is 0 Å². The fourth-order valence-electron chi connectivity index (χ4n) is 1.64. The summed E-state index contributed by atoms with van der Waals surface area (Å²) in [5.74, 6) is 0.0643. The Hall–Kier alpha value is -0.900. The number of halogens is 1. The quantitative estimate of drug-likeness (QED) is 0.597. The number of hydrogen-bond acceptors (Lipinski definition) is 2. The second kappa shape index (κ2) is 7.43. The SMILES string of the molecule is Cc1ncccc1C(=O)N(C)CCCCCBr. The molecule has 4 heteroatoms. The fraction of sp³-hybridized carbons (Fsp3) is 0.538. The number of nitrogens with zero attached hydrogens (tertiary/aromatic N) is 2. The van der Waals surface area contributed by atoms with E-state index < -0.39 is 0 Å². The molecule has 0 radical (unpaired) electrons. The van der Waals surface area contributed by atoms with Crippen LogP contribution in [0.15, 0.2) is 18.3 Å². The normalized spacial score (nSPS) is 10.3. The van der Waals surface area contributed by atoms with Crippen LogP contribution in [0.3, 0.4) is 0 Å². The van der Waals surface area contributed by atoms with Crippen LogP contribution in [0.4, 0.5) is 0 Å². The van der Waals surface area contributed by atoms with Crippen molar-refractivity contribution >= 4 is 21.8 Å². The van der Waals surface area contributed by atoms with E-state index in [-0.39, 0.29) is 5.91 Å². The number of rotatable bonds is 6. The third-order valence-corrected chi connectivity index (χ3v) is 3.27. The summed E-state index contributed by atoms with van der Waals surface area (Å²) in [6.07, 6.45) is 5.07. The molecule has 1 aromatic heterocycles. The number of unbranched alkanes of at least 4 members (excludes halogenated alkanes) is 2. The standard InChI is InChI=1S/C13H19BrN2O/c1-11-12(7-6-9-15-11)13(17)16(2)10-5-3-4-8-14/h6-7,9H,3-5,8,10H2,1-2H3. The summed E-state index contributed by atoms with van der Waals surface area (Å²) in [5, 5.41) is 1.03. The van der Waals surface area contributed by atoms with Crippen LogP contribution in [-0.2, 0) is 0 Å². The van der Waals surface area contributed by atoms with Crippen molar-refractivity contribution in [2.24, 2.45) is 0 Å². The van der Waals surface area contributed by atoms with Crippen LogP contribution in [-0.4, -0.2) is 34.7 Å². The minimum atomic E-state index is 0.0643. The van der Waals surface area contributed by atoms with Gasteiger partial charge >= 0.3 is 0 Å². The molecular weight excluding hydrogens is 280 g/mol. The molecule has 0 saturated heterocycles. The molecule has 1 rings (SSSR count). The highest BCUT2D eigenvalue weighted by Crippen LogP contribution is 2.08. The summed E-state index contributed by atoms with van der Waals surface area (Å²) < 4.78 is 0. The number of amides is 1. The number of aryl methyl sites for hydroxylation is 1. The third-order valence-electron chi connectivity index (χ3n) is 2.71. The highest BCUT2D eigenvalue weighted by molar-refractivity contribution is 9.09. The van der Waals surface area contributed by atoms with E-state index in [2.05, 4.69) is 20.9 Å². The van der Waals surface area contributed by atoms with Crippen LogP contribution in [0, 0.1) is 6.92 Å². The molecule has 0 aliphatic heterocycles. The monoisotopic (exact) mass is 298 g/mol. The average Bonchev–Trinajstić information content (AvgIpc) is 2.34. The van der Waals surface area contributed by atoms with Gasteiger partial charge in [-0.1, -0.05) is 22.4 Å². The molecule has 0 N–H and O–H groups in total. The molecule has 0 saturated carbocycles. The minimum absolute atomic E-state index is 0.0643. The van der Waals surface area contributed by atoms with E-state index in [9.17, 15) is 4.79 Å². The molecular formula is C13H19BrN2O. The first-order chi connectivity index (χ1) is 8.16. The summed E-state index contributed by atoms with van der Waals surface area (Å²) >= 11 is 3.40. The van der Waals surface area contributed by atoms with Gasteiger partial charge < -0.3 is 4.90 Å². The molecule has 3 nitrogen and oxygen atoms in total. The van der Waals surface area contributed by atoms with Gasteiger partial charge in [0.15, 0.2) is 0 Å². The van der Waals surface area contributed by atoms with Crippen molar-refractivity contribution in [3.8, 4) is 0 Å². The topological polar surface area (TPSA) is 33.2 Å². The van der Waals surface area contributed by atoms with Crippen molar-refractivity contribution in [3.05, 3.63) is 29.6 Å². The van der Waals surface area contributed by atoms with Gasteiger partial charge in [-0.3, -0.25) is 9.78 Å². The zero-order valence-corrected chi connectivity index (χ0v) is 12.0. The molecule has 0 aliphatic carbocycles. The second-order valence-electron chi connectivity index (χ2n) is 4.11. The first-order valence-electron chi connectivity index (χ1n) is 5.90. The molecule has 0 aliphatic rings. The lowest BCUT2D eigenvalue weighted by Gasteiger charge is -2.17. The van der Waals surface area contributed by atoms with E-state index in [4.69, 9.17) is 0 Å². The number of carbonyl (C=O) groups is 1. The molecule has 0 atom stereocenters. The van der Waals surface area contributed by atoms with Crippen molar-refractivity contribution in [1.29, 1.82) is 0 Å². The largest absolute Gasteiger partial charge is 0.342 e. The van der Waals surface area contributed by atoms with Crippen LogP contribution < -0.4 is 0 Å². The van der Waals surface area contributed by atoms with E-state index in [0.717, 1.165) is 36.8 Å². The Bertz CT molecular complexity index is 368. The first kappa shape index (κ1) is 14.2. The summed E-state index contributed by atoms with van der Waals surface area (Å²) in [4.78, 5) is 18.0. The van der Waals surface area contributed by atoms with Crippen LogP contribution in [0.25, 0.3) is 0 Å². The fourth-order valence-corrected chi connectivity index (χ4v) is 2.03. The van der Waals surface area contributed by atoms with Crippen LogP contribution >= 0.6 is 15.9 Å². The zero-order chi connectivity index (χ0) is 12.7. The van der Waals surface area contributed by atoms with Crippen LogP contribution in [0.2, 0.25) is 0 Å². The molecule has 1 heterocycles. The van der Waals surface area contributed by atoms with Gasteiger partial charge in [-0.2, -0.15) is 0 Å². The van der Waals surface area contributed by atoms with Gasteiger partial charge in [0.1, 0.15) is 0 Å². The number of aromatic nitrogens is 1. The Morgan fingerprint density at radius 3 is 2.82 bits per heavy atom. The van der Waals surface area contributed by atoms with Crippen molar-refractivity contribution in [2.45, 2.75) is 26.2 Å². The highest BCUT2D eigenvalue weighted by atomic mass is 79.9. The van der Waals surface area contributed by atoms with Gasteiger partial charge in [-0.05, 0) is 31.9 Å². The molecule has 1 amide bonds. The summed E-state index contributed by atoms with van der Waals surface area (Å²) in [5.41, 5.74) is 1.50. The number of pyridine rings is 1. The summed E-state index contributed by atoms with van der Waals surface area (Å²) in [6.45, 7) is 2.67. The smallest absolute Gasteiger partial charge is 0.255 e. The maximum Gasteiger partial charge on any atom is 0.255 e. The van der Waals surface area contributed by atoms with Gasteiger partial charge in [0.05, 0.1) is 5.56 Å². The van der Waals surface area contributed by atoms with Crippen molar-refractivity contribution in [2.75, 3.05) is 18.9 Å². The lowest BCUT2D eigenvalue weighted by molar-refractivity contribution is 0.0791. The molecule has 0 fully saturated rings. The number of alkyl halides is 1. The lowest BCUT2D eigenvalue weighted by atomic mass is 10.1. The molecule has 1 aromatic rings. The Morgan fingerprint density at radius 2 is 2.18 bits per heavy atom. The minimum Gasteiger partial charge on any atom is -0.342 e. The highest BCUT2D eigenvalue weighted by Gasteiger charge is 2.13. The van der Waals surface area contributed by atoms with Gasteiger partial charge in [-0.25, -0.2) is 0 Å². The molecule has 17 heavy (non-hydrogen) atoms. The number of hydrogen-bond donors (Lipinski definition) is 0. The number of carbonyl (C=O) groups excluding carboxylic acids is 1. The summed E-state index contributed by atoms with van der Waals surface area (Å²) in [7, 11) is 1.85. The van der Waals surface area contributed by atoms with Crippen molar-refractivity contribution in [3.63, 3.8) is 0 Å². The van der Waals surface area contributed by atoms with E-state index >= 15 is 0 Å². The second-order valence-corrected chi connectivity index (χ2v) is 4.91. The lowest BCUT2D eigenvalue weighted by Crippen LogP contribution is -2.28. The Morgan fingerprint density at radius 1 is 1.41 bits per heavy atom. The molecule has 0 bridgehead atoms. The van der Waals surface area contributed by atoms with Crippen molar-refractivity contribution in [1.82, 2.24) is 9.88 Å². The predicted molar refractivity (Wildman–Crippen MR) is 73.6 cm³/mol. The average molecular weight is 299 g/mol. The van der Waals surface area contributed by atoms with E-state index in [0.29, 0.717) is 5.56 Å². The zero-order valence-electron chi connectivity index (χ0n) is 10.4. The van der Waals surface area contributed by atoms with E-state index in [1.807, 2.05) is 20.0 Å². The van der Waals surface area contributed by atoms with Crippen molar-refractivity contribution < 1.29 is 4.79 Å². The molecule has 0 aromatic carbocycles. The first-order valence-corrected chi connectivity index (χ1v) is 7.02. The molecule has 0 unspecified atom stereocenters. The predicted octanol–water partition coefficient (Wildman–Crippen LogP) is 3.03. The van der Waals surface area contributed by atoms with E-state index in [1.165, 1.54) is 0 Å². The van der Waals surface area contributed by atoms with Gasteiger partial charge in [0.25, 0.3) is 5.91 Å². The maximum atomic E-state index is 12.1. The van der Waals surface area contributed by atoms with E-state index in [1.54, 1.807) is 17.2 Å². The Labute approximate surface area is 111 Å².